The number of aromatic nitrogens is 2. The van der Waals surface area contributed by atoms with Crippen LogP contribution in [0.25, 0.3) is 21.1 Å². The Labute approximate surface area is 127 Å². The zero-order valence-corrected chi connectivity index (χ0v) is 12.8. The number of hydrogen-bond acceptors (Lipinski definition) is 3. The molecular formula is C15H10BrN3S. The van der Waals surface area contributed by atoms with Crippen LogP contribution in [0, 0.1) is 0 Å². The molecule has 0 saturated carbocycles. The number of benzene rings is 2. The van der Waals surface area contributed by atoms with E-state index >= 15 is 0 Å². The van der Waals surface area contributed by atoms with Crippen molar-refractivity contribution >= 4 is 59.2 Å². The lowest BCUT2D eigenvalue weighted by Gasteiger charge is -2.00. The first kappa shape index (κ1) is 11.9. The number of halogens is 1. The molecule has 3 nitrogen and oxygen atoms in total. The predicted molar refractivity (Wildman–Crippen MR) is 88.9 cm³/mol. The summed E-state index contributed by atoms with van der Waals surface area (Å²) in [6.45, 7) is 0. The number of aromatic amines is 1. The summed E-state index contributed by atoms with van der Waals surface area (Å²) >= 11 is 5.17. The number of nitrogens with one attached hydrogen (secondary N) is 2. The lowest BCUT2D eigenvalue weighted by molar-refractivity contribution is 1.43. The van der Waals surface area contributed by atoms with E-state index in [4.69, 9.17) is 0 Å². The molecule has 2 heterocycles. The molecule has 5 heteroatoms. The Morgan fingerprint density at radius 1 is 1.15 bits per heavy atom. The summed E-state index contributed by atoms with van der Waals surface area (Å²) in [6.07, 6.45) is 1.98. The fourth-order valence-corrected chi connectivity index (χ4v) is 3.48. The topological polar surface area (TPSA) is 40.7 Å². The van der Waals surface area contributed by atoms with E-state index in [2.05, 4.69) is 49.4 Å². The molecule has 0 spiro atoms. The largest absolute Gasteiger partial charge is 0.359 e. The number of fused-ring (bicyclic) bond motifs is 2. The average molecular weight is 344 g/mol. The molecule has 2 N–H and O–H groups in total. The third kappa shape index (κ3) is 1.99. The second-order valence-corrected chi connectivity index (χ2v) is 6.45. The number of thiazole rings is 1. The summed E-state index contributed by atoms with van der Waals surface area (Å²) in [5, 5.41) is 5.46. The van der Waals surface area contributed by atoms with Gasteiger partial charge >= 0.3 is 0 Å². The number of hydrogen-bond donors (Lipinski definition) is 2. The SMILES string of the molecule is Brc1ccc2[nH]cc(Nc3nc4ccccc4s3)c2c1. The lowest BCUT2D eigenvalue weighted by Crippen LogP contribution is -1.87. The van der Waals surface area contributed by atoms with Crippen LogP contribution in [0.4, 0.5) is 10.8 Å². The van der Waals surface area contributed by atoms with Crippen LogP contribution < -0.4 is 5.32 Å². The fourth-order valence-electron chi connectivity index (χ4n) is 2.24. The highest BCUT2D eigenvalue weighted by Crippen LogP contribution is 2.32. The molecule has 0 saturated heterocycles. The van der Waals surface area contributed by atoms with E-state index in [-0.39, 0.29) is 0 Å². The van der Waals surface area contributed by atoms with E-state index in [9.17, 15) is 0 Å². The Morgan fingerprint density at radius 3 is 2.95 bits per heavy atom. The standard InChI is InChI=1S/C15H10BrN3S/c16-9-5-6-11-10(7-9)13(8-17-11)19-15-18-12-3-1-2-4-14(12)20-15/h1-8,17H,(H,18,19). The molecule has 4 aromatic rings. The Kier molecular flexibility index (Phi) is 2.75. The van der Waals surface area contributed by atoms with Crippen LogP contribution in [0.2, 0.25) is 0 Å². The van der Waals surface area contributed by atoms with Gasteiger partial charge in [-0.2, -0.15) is 0 Å². The van der Waals surface area contributed by atoms with Gasteiger partial charge in [0.15, 0.2) is 5.13 Å². The maximum Gasteiger partial charge on any atom is 0.188 e. The highest BCUT2D eigenvalue weighted by Gasteiger charge is 2.07. The van der Waals surface area contributed by atoms with Gasteiger partial charge in [-0.05, 0) is 30.3 Å². The van der Waals surface area contributed by atoms with E-state index in [0.717, 1.165) is 31.7 Å². The summed E-state index contributed by atoms with van der Waals surface area (Å²) < 4.78 is 2.26. The van der Waals surface area contributed by atoms with Crippen LogP contribution in [-0.2, 0) is 0 Å². The van der Waals surface area contributed by atoms with Gasteiger partial charge in [0, 0.05) is 21.6 Å². The molecule has 0 bridgehead atoms. The molecule has 0 aliphatic heterocycles. The normalized spacial score (nSPS) is 11.2. The monoisotopic (exact) mass is 343 g/mol. The zero-order chi connectivity index (χ0) is 13.5. The number of H-pyrrole nitrogens is 1. The van der Waals surface area contributed by atoms with E-state index < -0.39 is 0 Å². The van der Waals surface area contributed by atoms with E-state index in [1.807, 2.05) is 30.5 Å². The number of anilines is 2. The molecule has 4 rings (SSSR count). The minimum Gasteiger partial charge on any atom is -0.359 e. The smallest absolute Gasteiger partial charge is 0.188 e. The zero-order valence-electron chi connectivity index (χ0n) is 10.4. The van der Waals surface area contributed by atoms with Gasteiger partial charge in [0.25, 0.3) is 0 Å². The summed E-state index contributed by atoms with van der Waals surface area (Å²) in [5.74, 6) is 0. The summed E-state index contributed by atoms with van der Waals surface area (Å²) in [4.78, 5) is 7.86. The fraction of sp³-hybridized carbons (Fsp3) is 0. The number of para-hydroxylation sites is 1. The van der Waals surface area contributed by atoms with E-state index in [0.29, 0.717) is 0 Å². The molecule has 0 aliphatic rings. The van der Waals surface area contributed by atoms with Gasteiger partial charge in [0.2, 0.25) is 0 Å². The van der Waals surface area contributed by atoms with Crippen LogP contribution >= 0.6 is 27.3 Å². The molecule has 0 fully saturated rings. The molecular weight excluding hydrogens is 334 g/mol. The van der Waals surface area contributed by atoms with Crippen LogP contribution in [0.1, 0.15) is 0 Å². The van der Waals surface area contributed by atoms with Crippen molar-refractivity contribution in [2.24, 2.45) is 0 Å². The number of nitrogens with zero attached hydrogens (tertiary/aromatic N) is 1. The summed E-state index contributed by atoms with van der Waals surface area (Å²) in [5.41, 5.74) is 3.18. The minimum absolute atomic E-state index is 0.909. The van der Waals surface area contributed by atoms with Crippen LogP contribution in [-0.4, -0.2) is 9.97 Å². The molecule has 0 atom stereocenters. The molecule has 0 unspecified atom stereocenters. The third-order valence-electron chi connectivity index (χ3n) is 3.18. The first-order valence-corrected chi connectivity index (χ1v) is 7.80. The van der Waals surface area contributed by atoms with Crippen molar-refractivity contribution in [2.45, 2.75) is 0 Å². The molecule has 0 amide bonds. The molecule has 0 radical (unpaired) electrons. The van der Waals surface area contributed by atoms with Crippen molar-refractivity contribution in [3.63, 3.8) is 0 Å². The van der Waals surface area contributed by atoms with Gasteiger partial charge in [0.1, 0.15) is 0 Å². The maximum atomic E-state index is 4.60. The van der Waals surface area contributed by atoms with Gasteiger partial charge in [-0.3, -0.25) is 0 Å². The highest BCUT2D eigenvalue weighted by atomic mass is 79.9. The molecule has 98 valence electrons. The van der Waals surface area contributed by atoms with Gasteiger partial charge in [-0.25, -0.2) is 4.98 Å². The van der Waals surface area contributed by atoms with Gasteiger partial charge in [-0.1, -0.05) is 39.4 Å². The Hall–Kier alpha value is -1.85. The van der Waals surface area contributed by atoms with Crippen molar-refractivity contribution < 1.29 is 0 Å². The first-order chi connectivity index (χ1) is 9.79. The Balaban J connectivity index is 1.78. The van der Waals surface area contributed by atoms with Crippen molar-refractivity contribution in [3.8, 4) is 0 Å². The van der Waals surface area contributed by atoms with Crippen molar-refractivity contribution in [2.75, 3.05) is 5.32 Å². The minimum atomic E-state index is 0.909. The molecule has 20 heavy (non-hydrogen) atoms. The molecule has 2 aromatic carbocycles. The Morgan fingerprint density at radius 2 is 2.05 bits per heavy atom. The maximum absolute atomic E-state index is 4.60. The third-order valence-corrected chi connectivity index (χ3v) is 4.62. The number of rotatable bonds is 2. The molecule has 0 aliphatic carbocycles. The predicted octanol–water partition coefficient (Wildman–Crippen LogP) is 5.28. The van der Waals surface area contributed by atoms with E-state index in [1.165, 1.54) is 4.70 Å². The van der Waals surface area contributed by atoms with Crippen molar-refractivity contribution in [1.29, 1.82) is 0 Å². The molecule has 2 aromatic heterocycles. The van der Waals surface area contributed by atoms with Crippen LogP contribution in [0.3, 0.4) is 0 Å². The van der Waals surface area contributed by atoms with Crippen LogP contribution in [0.5, 0.6) is 0 Å². The second-order valence-electron chi connectivity index (χ2n) is 4.50. The summed E-state index contributed by atoms with van der Waals surface area (Å²) in [6, 6.07) is 14.3. The van der Waals surface area contributed by atoms with Crippen molar-refractivity contribution in [3.05, 3.63) is 53.1 Å². The van der Waals surface area contributed by atoms with Gasteiger partial charge in [-0.15, -0.1) is 0 Å². The lowest BCUT2D eigenvalue weighted by atomic mass is 10.2. The van der Waals surface area contributed by atoms with Crippen molar-refractivity contribution in [1.82, 2.24) is 9.97 Å². The Bertz CT molecular complexity index is 877. The first-order valence-electron chi connectivity index (χ1n) is 6.19. The summed E-state index contributed by atoms with van der Waals surface area (Å²) in [7, 11) is 0. The second kappa shape index (κ2) is 4.61. The quantitative estimate of drug-likeness (QED) is 0.519. The average Bonchev–Trinajstić information content (AvgIpc) is 3.03. The highest BCUT2D eigenvalue weighted by molar-refractivity contribution is 9.10. The van der Waals surface area contributed by atoms with Gasteiger partial charge < -0.3 is 10.3 Å². The van der Waals surface area contributed by atoms with Crippen LogP contribution in [0.15, 0.2) is 53.1 Å². The van der Waals surface area contributed by atoms with Gasteiger partial charge in [0.05, 0.1) is 15.9 Å². The van der Waals surface area contributed by atoms with E-state index in [1.54, 1.807) is 11.3 Å².